The maximum Gasteiger partial charge on any atom is 0.221 e. The second-order valence-corrected chi connectivity index (χ2v) is 7.69. The summed E-state index contributed by atoms with van der Waals surface area (Å²) >= 11 is 0. The molecular weight excluding hydrogens is 358 g/mol. The lowest BCUT2D eigenvalue weighted by Crippen LogP contribution is -2.28. The lowest BCUT2D eigenvalue weighted by Gasteiger charge is -2.23. The van der Waals surface area contributed by atoms with E-state index in [0.717, 1.165) is 30.6 Å². The van der Waals surface area contributed by atoms with Gasteiger partial charge in [-0.1, -0.05) is 48.5 Å². The number of carbonyl (C=O) groups is 1. The molecule has 2 atom stereocenters. The lowest BCUT2D eigenvalue weighted by molar-refractivity contribution is -0.121. The largest absolute Gasteiger partial charge is 0.350 e. The third-order valence-electron chi connectivity index (χ3n) is 5.69. The molecule has 1 amide bonds. The average Bonchev–Trinajstić information content (AvgIpc) is 2.78. The number of pyridine rings is 1. The van der Waals surface area contributed by atoms with Crippen LogP contribution in [-0.2, 0) is 17.8 Å². The molecule has 29 heavy (non-hydrogen) atoms. The molecule has 4 rings (SSSR count). The van der Waals surface area contributed by atoms with E-state index in [-0.39, 0.29) is 17.9 Å². The summed E-state index contributed by atoms with van der Waals surface area (Å²) in [5.74, 6) is 0.0622. The fourth-order valence-electron chi connectivity index (χ4n) is 4.05. The van der Waals surface area contributed by atoms with Crippen molar-refractivity contribution in [3.8, 4) is 0 Å². The Kier molecular flexibility index (Phi) is 6.01. The molecule has 3 aromatic rings. The van der Waals surface area contributed by atoms with Gasteiger partial charge in [0.2, 0.25) is 5.91 Å². The van der Waals surface area contributed by atoms with Gasteiger partial charge >= 0.3 is 0 Å². The van der Waals surface area contributed by atoms with Crippen LogP contribution in [-0.4, -0.2) is 17.4 Å². The van der Waals surface area contributed by atoms with Gasteiger partial charge in [-0.2, -0.15) is 0 Å². The number of hydrogen-bond acceptors (Lipinski definition) is 3. The van der Waals surface area contributed by atoms with Gasteiger partial charge in [0.05, 0.1) is 6.04 Å². The van der Waals surface area contributed by atoms with E-state index in [2.05, 4.69) is 33.8 Å². The van der Waals surface area contributed by atoms with Crippen molar-refractivity contribution in [1.29, 1.82) is 0 Å². The van der Waals surface area contributed by atoms with Gasteiger partial charge in [-0.3, -0.25) is 9.78 Å². The molecule has 0 spiro atoms. The Labute approximate surface area is 172 Å². The molecule has 1 aliphatic rings. The maximum absolute atomic E-state index is 12.9. The van der Waals surface area contributed by atoms with E-state index in [1.165, 1.54) is 16.7 Å². The van der Waals surface area contributed by atoms with Crippen LogP contribution >= 0.6 is 0 Å². The van der Waals surface area contributed by atoms with Crippen molar-refractivity contribution >= 4 is 5.91 Å². The molecule has 0 aliphatic carbocycles. The predicted molar refractivity (Wildman–Crippen MR) is 116 cm³/mol. The van der Waals surface area contributed by atoms with Gasteiger partial charge in [-0.25, -0.2) is 0 Å². The fraction of sp³-hybridized carbons (Fsp3) is 0.280. The molecule has 0 radical (unpaired) electrons. The average molecular weight is 386 g/mol. The molecule has 2 heterocycles. The van der Waals surface area contributed by atoms with Crippen molar-refractivity contribution in [3.05, 3.63) is 101 Å². The van der Waals surface area contributed by atoms with Crippen LogP contribution in [0.4, 0.5) is 0 Å². The van der Waals surface area contributed by atoms with Gasteiger partial charge in [0.15, 0.2) is 0 Å². The molecule has 4 heteroatoms. The van der Waals surface area contributed by atoms with Gasteiger partial charge in [0, 0.05) is 31.3 Å². The smallest absolute Gasteiger partial charge is 0.221 e. The Balaban J connectivity index is 1.56. The summed E-state index contributed by atoms with van der Waals surface area (Å²) in [6.07, 6.45) is 5.07. The van der Waals surface area contributed by atoms with Crippen molar-refractivity contribution in [2.75, 3.05) is 6.54 Å². The SMILES string of the molecule is C[C@H](NC(=O)CC(c1ccncc1)c1ccc2c(c1)CNCC2)c1ccccc1. The first-order valence-corrected chi connectivity index (χ1v) is 10.3. The summed E-state index contributed by atoms with van der Waals surface area (Å²) in [6.45, 7) is 3.95. The summed E-state index contributed by atoms with van der Waals surface area (Å²) in [5, 5.41) is 6.60. The first-order chi connectivity index (χ1) is 14.2. The Morgan fingerprint density at radius 1 is 1.00 bits per heavy atom. The summed E-state index contributed by atoms with van der Waals surface area (Å²) < 4.78 is 0. The van der Waals surface area contributed by atoms with Crippen molar-refractivity contribution in [2.24, 2.45) is 0 Å². The molecule has 1 aliphatic heterocycles. The van der Waals surface area contributed by atoms with Crippen LogP contribution < -0.4 is 10.6 Å². The van der Waals surface area contributed by atoms with Crippen LogP contribution in [0, 0.1) is 0 Å². The molecular formula is C25H27N3O. The molecule has 148 valence electrons. The number of hydrogen-bond donors (Lipinski definition) is 2. The first-order valence-electron chi connectivity index (χ1n) is 10.3. The zero-order chi connectivity index (χ0) is 20.1. The molecule has 0 saturated carbocycles. The van der Waals surface area contributed by atoms with E-state index < -0.39 is 0 Å². The fourth-order valence-corrected chi connectivity index (χ4v) is 4.05. The number of rotatable bonds is 6. The minimum atomic E-state index is -0.0190. The monoisotopic (exact) mass is 385 g/mol. The van der Waals surface area contributed by atoms with Crippen LogP contribution in [0.2, 0.25) is 0 Å². The van der Waals surface area contributed by atoms with Crippen molar-refractivity contribution in [1.82, 2.24) is 15.6 Å². The number of amides is 1. The number of nitrogens with zero attached hydrogens (tertiary/aromatic N) is 1. The minimum Gasteiger partial charge on any atom is -0.350 e. The minimum absolute atomic E-state index is 0.00759. The topological polar surface area (TPSA) is 54.0 Å². The highest BCUT2D eigenvalue weighted by Crippen LogP contribution is 2.30. The van der Waals surface area contributed by atoms with Crippen LogP contribution in [0.5, 0.6) is 0 Å². The van der Waals surface area contributed by atoms with Crippen molar-refractivity contribution in [2.45, 2.75) is 38.3 Å². The zero-order valence-corrected chi connectivity index (χ0v) is 16.8. The second kappa shape index (κ2) is 9.01. The number of benzene rings is 2. The summed E-state index contributed by atoms with van der Waals surface area (Å²) in [6, 6.07) is 20.7. The molecule has 2 N–H and O–H groups in total. The van der Waals surface area contributed by atoms with Gasteiger partial charge in [0.25, 0.3) is 0 Å². The lowest BCUT2D eigenvalue weighted by atomic mass is 9.86. The highest BCUT2D eigenvalue weighted by atomic mass is 16.1. The summed E-state index contributed by atoms with van der Waals surface area (Å²) in [5.41, 5.74) is 6.16. The molecule has 0 bridgehead atoms. The molecule has 2 aromatic carbocycles. The number of carbonyl (C=O) groups excluding carboxylic acids is 1. The standard InChI is InChI=1S/C25H27N3O/c1-18(19-5-3-2-4-6-19)28-25(29)16-24(21-10-12-26-13-11-21)22-8-7-20-9-14-27-17-23(20)15-22/h2-8,10-13,15,18,24,27H,9,14,16-17H2,1H3,(H,28,29)/t18-,24?/m0/s1. The first kappa shape index (κ1) is 19.3. The molecule has 0 fully saturated rings. The number of nitrogens with one attached hydrogen (secondary N) is 2. The van der Waals surface area contributed by atoms with Gasteiger partial charge in [0.1, 0.15) is 0 Å². The third-order valence-corrected chi connectivity index (χ3v) is 5.69. The Bertz CT molecular complexity index is 956. The van der Waals surface area contributed by atoms with Gasteiger partial charge in [-0.15, -0.1) is 0 Å². The van der Waals surface area contributed by atoms with Gasteiger partial charge < -0.3 is 10.6 Å². The number of fused-ring (bicyclic) bond motifs is 1. The normalized spacial score (nSPS) is 15.2. The highest BCUT2D eigenvalue weighted by molar-refractivity contribution is 5.78. The van der Waals surface area contributed by atoms with E-state index in [1.807, 2.05) is 49.4 Å². The van der Waals surface area contributed by atoms with Gasteiger partial charge in [-0.05, 0) is 59.8 Å². The quantitative estimate of drug-likeness (QED) is 0.671. The van der Waals surface area contributed by atoms with Crippen LogP contribution in [0.1, 0.15) is 53.1 Å². The van der Waals surface area contributed by atoms with Crippen LogP contribution in [0.3, 0.4) is 0 Å². The maximum atomic E-state index is 12.9. The summed E-state index contributed by atoms with van der Waals surface area (Å²) in [7, 11) is 0. The highest BCUT2D eigenvalue weighted by Gasteiger charge is 2.21. The Morgan fingerprint density at radius 2 is 1.79 bits per heavy atom. The molecule has 1 aromatic heterocycles. The van der Waals surface area contributed by atoms with Crippen molar-refractivity contribution in [3.63, 3.8) is 0 Å². The molecule has 0 saturated heterocycles. The van der Waals surface area contributed by atoms with E-state index in [4.69, 9.17) is 0 Å². The molecule has 1 unspecified atom stereocenters. The molecule has 4 nitrogen and oxygen atoms in total. The predicted octanol–water partition coefficient (Wildman–Crippen LogP) is 4.13. The third kappa shape index (κ3) is 4.72. The van der Waals surface area contributed by atoms with E-state index in [9.17, 15) is 4.79 Å². The zero-order valence-electron chi connectivity index (χ0n) is 16.8. The van der Waals surface area contributed by atoms with Crippen LogP contribution in [0.15, 0.2) is 73.1 Å². The second-order valence-electron chi connectivity index (χ2n) is 7.69. The van der Waals surface area contributed by atoms with E-state index in [1.54, 1.807) is 12.4 Å². The Hall–Kier alpha value is -2.98. The summed E-state index contributed by atoms with van der Waals surface area (Å²) in [4.78, 5) is 17.1. The van der Waals surface area contributed by atoms with Crippen LogP contribution in [0.25, 0.3) is 0 Å². The Morgan fingerprint density at radius 3 is 2.59 bits per heavy atom. The van der Waals surface area contributed by atoms with E-state index in [0.29, 0.717) is 6.42 Å². The number of aromatic nitrogens is 1. The van der Waals surface area contributed by atoms with Crippen molar-refractivity contribution < 1.29 is 4.79 Å². The van der Waals surface area contributed by atoms with E-state index >= 15 is 0 Å².